The second-order valence-electron chi connectivity index (χ2n) is 9.79. The number of unbranched alkanes of at least 4 members (excludes halogenated alkanes) is 1. The fraction of sp³-hybridized carbons (Fsp3) is 0.414. The molecule has 7 nitrogen and oxygen atoms in total. The lowest BCUT2D eigenvalue weighted by Gasteiger charge is -2.26. The molecule has 0 atom stereocenters. The number of nitrogens with zero attached hydrogens (tertiary/aromatic N) is 4. The fourth-order valence-electron chi connectivity index (χ4n) is 5.21. The summed E-state index contributed by atoms with van der Waals surface area (Å²) in [6.07, 6.45) is 6.98. The molecule has 0 saturated carbocycles. The number of ether oxygens (including phenoxy) is 1. The quantitative estimate of drug-likeness (QED) is 0.340. The van der Waals surface area contributed by atoms with E-state index in [1.165, 1.54) is 50.6 Å². The number of esters is 1. The van der Waals surface area contributed by atoms with Crippen molar-refractivity contribution in [1.29, 1.82) is 0 Å². The van der Waals surface area contributed by atoms with Crippen molar-refractivity contribution in [3.05, 3.63) is 65.0 Å². The van der Waals surface area contributed by atoms with E-state index in [2.05, 4.69) is 45.6 Å². The molecular formula is C29H35N5O2. The number of carbonyl (C=O) groups is 1. The monoisotopic (exact) mass is 485 g/mol. The zero-order valence-electron chi connectivity index (χ0n) is 21.3. The summed E-state index contributed by atoms with van der Waals surface area (Å²) < 4.78 is 7.17. The standard InChI is InChI=1S/C29H35N5O2/c1-3-4-8-25-32-26-27(23-14-13-22(29(35)36-2)17-24(23)31-28(26)30)34(25)19-21-11-9-20(10-12-21)18-33-15-6-5-7-16-33/h9-14,17H,3-8,15-16,18-19H2,1-2H3,(H2,30,31). The fourth-order valence-corrected chi connectivity index (χ4v) is 5.21. The second kappa shape index (κ2) is 10.7. The molecule has 0 unspecified atom stereocenters. The Morgan fingerprint density at radius 1 is 1.00 bits per heavy atom. The van der Waals surface area contributed by atoms with Gasteiger partial charge in [0.1, 0.15) is 11.3 Å². The summed E-state index contributed by atoms with van der Waals surface area (Å²) in [5, 5.41) is 0.934. The highest BCUT2D eigenvalue weighted by Crippen LogP contribution is 2.31. The van der Waals surface area contributed by atoms with Crippen LogP contribution in [-0.4, -0.2) is 45.6 Å². The van der Waals surface area contributed by atoms with E-state index in [0.29, 0.717) is 23.4 Å². The Kier molecular flexibility index (Phi) is 7.18. The molecule has 1 saturated heterocycles. The Labute approximate surface area is 212 Å². The number of rotatable bonds is 8. The Morgan fingerprint density at radius 3 is 2.42 bits per heavy atom. The molecule has 7 heteroatoms. The number of hydrogen-bond acceptors (Lipinski definition) is 6. The van der Waals surface area contributed by atoms with Crippen molar-refractivity contribution in [2.24, 2.45) is 0 Å². The largest absolute Gasteiger partial charge is 0.465 e. The van der Waals surface area contributed by atoms with Gasteiger partial charge < -0.3 is 15.0 Å². The van der Waals surface area contributed by atoms with Crippen molar-refractivity contribution in [2.75, 3.05) is 25.9 Å². The summed E-state index contributed by atoms with van der Waals surface area (Å²) in [6.45, 7) is 6.31. The zero-order chi connectivity index (χ0) is 25.1. The topological polar surface area (TPSA) is 86.3 Å². The highest BCUT2D eigenvalue weighted by molar-refractivity contribution is 6.08. The molecule has 0 radical (unpaired) electrons. The van der Waals surface area contributed by atoms with Crippen molar-refractivity contribution >= 4 is 33.7 Å². The number of anilines is 1. The first-order valence-electron chi connectivity index (χ1n) is 13.0. The van der Waals surface area contributed by atoms with Crippen molar-refractivity contribution in [1.82, 2.24) is 19.4 Å². The predicted molar refractivity (Wildman–Crippen MR) is 144 cm³/mol. The summed E-state index contributed by atoms with van der Waals surface area (Å²) in [5.74, 6) is 1.01. The lowest BCUT2D eigenvalue weighted by Crippen LogP contribution is -2.29. The number of aromatic nitrogens is 3. The van der Waals surface area contributed by atoms with Crippen molar-refractivity contribution in [2.45, 2.75) is 58.5 Å². The van der Waals surface area contributed by atoms with E-state index in [9.17, 15) is 4.79 Å². The highest BCUT2D eigenvalue weighted by Gasteiger charge is 2.19. The summed E-state index contributed by atoms with van der Waals surface area (Å²) >= 11 is 0. The molecule has 0 bridgehead atoms. The third-order valence-corrected chi connectivity index (χ3v) is 7.18. The van der Waals surface area contributed by atoms with Gasteiger partial charge in [0.25, 0.3) is 0 Å². The van der Waals surface area contributed by atoms with Gasteiger partial charge in [0.15, 0.2) is 5.82 Å². The number of nitrogen functional groups attached to an aromatic ring is 1. The molecule has 0 amide bonds. The third kappa shape index (κ3) is 4.93. The molecule has 188 valence electrons. The minimum Gasteiger partial charge on any atom is -0.465 e. The second-order valence-corrected chi connectivity index (χ2v) is 9.79. The van der Waals surface area contributed by atoms with Crippen LogP contribution in [0.15, 0.2) is 42.5 Å². The summed E-state index contributed by atoms with van der Waals surface area (Å²) in [6, 6.07) is 14.4. The average molecular weight is 486 g/mol. The van der Waals surface area contributed by atoms with Crippen LogP contribution in [0.3, 0.4) is 0 Å². The zero-order valence-corrected chi connectivity index (χ0v) is 21.3. The molecule has 2 aromatic carbocycles. The van der Waals surface area contributed by atoms with E-state index in [1.54, 1.807) is 12.1 Å². The molecule has 1 aliphatic rings. The number of methoxy groups -OCH3 is 1. The van der Waals surface area contributed by atoms with Crippen molar-refractivity contribution < 1.29 is 9.53 Å². The molecule has 1 fully saturated rings. The maximum Gasteiger partial charge on any atom is 0.337 e. The van der Waals surface area contributed by atoms with Crippen LogP contribution in [0.4, 0.5) is 5.82 Å². The third-order valence-electron chi connectivity index (χ3n) is 7.18. The average Bonchev–Trinajstić information content (AvgIpc) is 3.27. The van der Waals surface area contributed by atoms with Crippen LogP contribution in [0, 0.1) is 0 Å². The van der Waals surface area contributed by atoms with Crippen LogP contribution in [0.5, 0.6) is 0 Å². The van der Waals surface area contributed by atoms with Gasteiger partial charge in [-0.15, -0.1) is 0 Å². The minimum atomic E-state index is -0.390. The van der Waals surface area contributed by atoms with Crippen LogP contribution >= 0.6 is 0 Å². The van der Waals surface area contributed by atoms with Gasteiger partial charge >= 0.3 is 5.97 Å². The van der Waals surface area contributed by atoms with Gasteiger partial charge in [-0.25, -0.2) is 14.8 Å². The van der Waals surface area contributed by atoms with Crippen LogP contribution < -0.4 is 5.73 Å². The Bertz CT molecular complexity index is 1370. The Morgan fingerprint density at radius 2 is 1.72 bits per heavy atom. The van der Waals surface area contributed by atoms with Gasteiger partial charge in [-0.05, 0) is 61.7 Å². The Balaban J connectivity index is 1.53. The summed E-state index contributed by atoms with van der Waals surface area (Å²) in [7, 11) is 1.38. The van der Waals surface area contributed by atoms with E-state index in [4.69, 9.17) is 15.5 Å². The molecule has 4 aromatic rings. The van der Waals surface area contributed by atoms with Gasteiger partial charge in [0.05, 0.1) is 23.7 Å². The SMILES string of the molecule is CCCCc1nc2c(N)nc3cc(C(=O)OC)ccc3c2n1Cc1ccc(CN2CCCCC2)cc1. The number of fused-ring (bicyclic) bond motifs is 3. The summed E-state index contributed by atoms with van der Waals surface area (Å²) in [5.41, 5.74) is 11.8. The lowest BCUT2D eigenvalue weighted by atomic mass is 10.1. The number of imidazole rings is 1. The number of likely N-dealkylation sites (tertiary alicyclic amines) is 1. The molecule has 0 spiro atoms. The maximum absolute atomic E-state index is 12.1. The van der Waals surface area contributed by atoms with Crippen LogP contribution in [0.25, 0.3) is 21.9 Å². The number of pyridine rings is 1. The number of piperidine rings is 1. The van der Waals surface area contributed by atoms with Gasteiger partial charge in [-0.1, -0.05) is 44.0 Å². The molecule has 0 aliphatic carbocycles. The number of nitrogens with two attached hydrogens (primary N) is 1. The first-order chi connectivity index (χ1) is 17.6. The number of hydrogen-bond donors (Lipinski definition) is 1. The minimum absolute atomic E-state index is 0.382. The van der Waals surface area contributed by atoms with E-state index < -0.39 is 0 Å². The Hall–Kier alpha value is -3.45. The molecule has 2 aromatic heterocycles. The molecule has 1 aliphatic heterocycles. The van der Waals surface area contributed by atoms with Crippen LogP contribution in [0.1, 0.15) is 66.3 Å². The van der Waals surface area contributed by atoms with E-state index in [1.807, 2.05) is 6.07 Å². The van der Waals surface area contributed by atoms with E-state index >= 15 is 0 Å². The number of carbonyl (C=O) groups excluding carboxylic acids is 1. The first kappa shape index (κ1) is 24.3. The van der Waals surface area contributed by atoms with Gasteiger partial charge in [-0.2, -0.15) is 0 Å². The first-order valence-corrected chi connectivity index (χ1v) is 13.0. The van der Waals surface area contributed by atoms with Crippen molar-refractivity contribution in [3.63, 3.8) is 0 Å². The predicted octanol–water partition coefficient (Wildman–Crippen LogP) is 5.33. The lowest BCUT2D eigenvalue weighted by molar-refractivity contribution is 0.0601. The van der Waals surface area contributed by atoms with Gasteiger partial charge in [0, 0.05) is 24.9 Å². The van der Waals surface area contributed by atoms with Crippen LogP contribution in [-0.2, 0) is 24.2 Å². The molecule has 36 heavy (non-hydrogen) atoms. The van der Waals surface area contributed by atoms with E-state index in [-0.39, 0.29) is 5.97 Å². The maximum atomic E-state index is 12.1. The molecule has 5 rings (SSSR count). The van der Waals surface area contributed by atoms with Gasteiger partial charge in [-0.3, -0.25) is 4.90 Å². The van der Waals surface area contributed by atoms with E-state index in [0.717, 1.165) is 48.1 Å². The molecule has 2 N–H and O–H groups in total. The van der Waals surface area contributed by atoms with Gasteiger partial charge in [0.2, 0.25) is 0 Å². The number of benzene rings is 2. The smallest absolute Gasteiger partial charge is 0.337 e. The van der Waals surface area contributed by atoms with Crippen LogP contribution in [0.2, 0.25) is 0 Å². The molecule has 3 heterocycles. The normalized spacial score (nSPS) is 14.5. The molecular weight excluding hydrogens is 450 g/mol. The highest BCUT2D eigenvalue weighted by atomic mass is 16.5. The number of aryl methyl sites for hydroxylation is 1. The van der Waals surface area contributed by atoms with Crippen molar-refractivity contribution in [3.8, 4) is 0 Å². The summed E-state index contributed by atoms with van der Waals surface area (Å²) in [4.78, 5) is 24.2.